The second kappa shape index (κ2) is 12.9. The average molecular weight is 677 g/mol. The third kappa shape index (κ3) is 5.45. The van der Waals surface area contributed by atoms with Crippen molar-refractivity contribution in [2.45, 2.75) is 0 Å². The minimum absolute atomic E-state index is 0.669. The standard InChI is InChI=1S/C49H32N4/c1-4-15-33(16-5-1)43-24-14-25-44(52-49(51-43)34-17-6-2-7-18-34)35-27-29-45-41(31-35)38-21-10-11-23-40(38)48(50-45)36-28-30-47-42(32-36)39-22-12-13-26-46(39)53(47)37-19-8-3-9-20-37/h1-32H/b24-14+,25-14?,43-24?,44-25+,51-43?,51-49?,52-44?,52-49?. The number of pyridine rings is 1. The van der Waals surface area contributed by atoms with E-state index in [4.69, 9.17) is 15.0 Å². The summed E-state index contributed by atoms with van der Waals surface area (Å²) in [5.41, 5.74) is 11.2. The molecule has 4 nitrogen and oxygen atoms in total. The van der Waals surface area contributed by atoms with Crippen molar-refractivity contribution in [1.29, 1.82) is 0 Å². The SMILES string of the molecule is C1=C/C(c2ccccc2)=NC(c2ccccc2)=N/C(c2ccc3nc(-c4ccc5c(c4)c4ccccc4n5-c4ccccc4)c4ccccc4c3c2)=C/1. The highest BCUT2D eigenvalue weighted by Gasteiger charge is 2.17. The largest absolute Gasteiger partial charge is 0.309 e. The average Bonchev–Trinajstić information content (AvgIpc) is 3.55. The summed E-state index contributed by atoms with van der Waals surface area (Å²) in [7, 11) is 0. The van der Waals surface area contributed by atoms with Gasteiger partial charge in [0, 0.05) is 49.5 Å². The van der Waals surface area contributed by atoms with Crippen molar-refractivity contribution in [1.82, 2.24) is 9.55 Å². The Morgan fingerprint density at radius 2 is 1.04 bits per heavy atom. The summed E-state index contributed by atoms with van der Waals surface area (Å²) < 4.78 is 2.35. The Labute approximate surface area is 307 Å². The van der Waals surface area contributed by atoms with Crippen LogP contribution < -0.4 is 0 Å². The molecule has 0 bridgehead atoms. The second-order valence-electron chi connectivity index (χ2n) is 13.2. The van der Waals surface area contributed by atoms with Crippen LogP contribution >= 0.6 is 0 Å². The molecule has 0 aliphatic carbocycles. The third-order valence-electron chi connectivity index (χ3n) is 10.0. The maximum absolute atomic E-state index is 5.35. The molecule has 1 aliphatic heterocycles. The van der Waals surface area contributed by atoms with Gasteiger partial charge in [0.05, 0.1) is 33.7 Å². The molecule has 1 aliphatic rings. The Morgan fingerprint density at radius 1 is 0.415 bits per heavy atom. The molecule has 7 aromatic carbocycles. The predicted octanol–water partition coefficient (Wildman–Crippen LogP) is 12.0. The van der Waals surface area contributed by atoms with Gasteiger partial charge in [0.15, 0.2) is 5.84 Å². The minimum Gasteiger partial charge on any atom is -0.309 e. The number of fused-ring (bicyclic) bond motifs is 6. The second-order valence-corrected chi connectivity index (χ2v) is 13.2. The molecule has 0 saturated heterocycles. The maximum Gasteiger partial charge on any atom is 0.160 e. The first-order valence-electron chi connectivity index (χ1n) is 17.9. The molecule has 2 aromatic heterocycles. The Balaban J connectivity index is 1.11. The smallest absolute Gasteiger partial charge is 0.160 e. The molecule has 0 spiro atoms. The minimum atomic E-state index is 0.669. The lowest BCUT2D eigenvalue weighted by Crippen LogP contribution is -2.06. The lowest BCUT2D eigenvalue weighted by Gasteiger charge is -2.13. The van der Waals surface area contributed by atoms with Crippen molar-refractivity contribution < 1.29 is 0 Å². The molecule has 9 aromatic rings. The fraction of sp³-hybridized carbons (Fsp3) is 0. The number of amidine groups is 1. The van der Waals surface area contributed by atoms with Crippen molar-refractivity contribution in [3.8, 4) is 16.9 Å². The summed E-state index contributed by atoms with van der Waals surface area (Å²) in [6, 6.07) is 61.5. The van der Waals surface area contributed by atoms with E-state index in [0.29, 0.717) is 5.84 Å². The number of aliphatic imine (C=N–C) groups is 2. The number of aromatic nitrogens is 2. The van der Waals surface area contributed by atoms with Crippen LogP contribution in [0.3, 0.4) is 0 Å². The highest BCUT2D eigenvalue weighted by molar-refractivity contribution is 6.19. The monoisotopic (exact) mass is 676 g/mol. The van der Waals surface area contributed by atoms with E-state index in [0.717, 1.165) is 66.7 Å². The molecular weight excluding hydrogens is 645 g/mol. The first kappa shape index (κ1) is 30.6. The number of benzene rings is 7. The lowest BCUT2D eigenvalue weighted by molar-refractivity contribution is 1.18. The zero-order valence-corrected chi connectivity index (χ0v) is 28.8. The van der Waals surface area contributed by atoms with Gasteiger partial charge in [-0.2, -0.15) is 0 Å². The number of para-hydroxylation sites is 2. The van der Waals surface area contributed by atoms with Crippen LogP contribution in [0.4, 0.5) is 0 Å². The molecule has 4 heteroatoms. The van der Waals surface area contributed by atoms with Gasteiger partial charge < -0.3 is 4.57 Å². The van der Waals surface area contributed by atoms with E-state index < -0.39 is 0 Å². The number of nitrogens with zero attached hydrogens (tertiary/aromatic N) is 4. The Hall–Kier alpha value is -7.17. The van der Waals surface area contributed by atoms with Gasteiger partial charge >= 0.3 is 0 Å². The van der Waals surface area contributed by atoms with E-state index in [1.807, 2.05) is 42.5 Å². The molecule has 248 valence electrons. The summed E-state index contributed by atoms with van der Waals surface area (Å²) in [6.07, 6.45) is 6.18. The van der Waals surface area contributed by atoms with Crippen molar-refractivity contribution >= 4 is 60.7 Å². The van der Waals surface area contributed by atoms with Crippen molar-refractivity contribution in [2.75, 3.05) is 0 Å². The van der Waals surface area contributed by atoms with Crippen molar-refractivity contribution in [3.05, 3.63) is 211 Å². The van der Waals surface area contributed by atoms with Gasteiger partial charge in [0.2, 0.25) is 0 Å². The van der Waals surface area contributed by atoms with Gasteiger partial charge in [0.25, 0.3) is 0 Å². The summed E-state index contributed by atoms with van der Waals surface area (Å²) >= 11 is 0. The topological polar surface area (TPSA) is 42.5 Å². The number of rotatable bonds is 5. The van der Waals surface area contributed by atoms with Gasteiger partial charge in [-0.25, -0.2) is 15.0 Å². The van der Waals surface area contributed by atoms with E-state index in [9.17, 15) is 0 Å². The molecule has 53 heavy (non-hydrogen) atoms. The highest BCUT2D eigenvalue weighted by Crippen LogP contribution is 2.38. The molecule has 0 saturated carbocycles. The van der Waals surface area contributed by atoms with Crippen LogP contribution in [0.15, 0.2) is 204 Å². The van der Waals surface area contributed by atoms with Crippen molar-refractivity contribution in [3.63, 3.8) is 0 Å². The molecule has 0 unspecified atom stereocenters. The van der Waals surface area contributed by atoms with Gasteiger partial charge in [-0.15, -0.1) is 0 Å². The number of allylic oxidation sites excluding steroid dienone is 3. The summed E-state index contributed by atoms with van der Waals surface area (Å²) in [5, 5.41) is 5.78. The molecule has 0 atom stereocenters. The van der Waals surface area contributed by atoms with E-state index in [1.165, 1.54) is 21.8 Å². The molecular formula is C49H32N4. The van der Waals surface area contributed by atoms with E-state index in [-0.39, 0.29) is 0 Å². The Morgan fingerprint density at radius 3 is 1.83 bits per heavy atom. The van der Waals surface area contributed by atoms with Crippen LogP contribution in [0.5, 0.6) is 0 Å². The summed E-state index contributed by atoms with van der Waals surface area (Å²) in [6.45, 7) is 0. The summed E-state index contributed by atoms with van der Waals surface area (Å²) in [5.74, 6) is 0.669. The molecule has 0 N–H and O–H groups in total. The van der Waals surface area contributed by atoms with Crippen LogP contribution in [0.1, 0.15) is 16.7 Å². The van der Waals surface area contributed by atoms with Crippen LogP contribution in [0, 0.1) is 0 Å². The van der Waals surface area contributed by atoms with Crippen molar-refractivity contribution in [2.24, 2.45) is 9.98 Å². The fourth-order valence-corrected chi connectivity index (χ4v) is 7.51. The predicted molar refractivity (Wildman–Crippen MR) is 222 cm³/mol. The van der Waals surface area contributed by atoms with Gasteiger partial charge in [-0.3, -0.25) is 0 Å². The first-order chi connectivity index (χ1) is 26.3. The highest BCUT2D eigenvalue weighted by atomic mass is 15.0. The Kier molecular flexibility index (Phi) is 7.43. The normalized spacial score (nSPS) is 14.8. The first-order valence-corrected chi connectivity index (χ1v) is 17.9. The number of hydrogen-bond donors (Lipinski definition) is 0. The van der Waals surface area contributed by atoms with E-state index in [1.54, 1.807) is 0 Å². The lowest BCUT2D eigenvalue weighted by atomic mass is 9.97. The van der Waals surface area contributed by atoms with Crippen LogP contribution in [0.25, 0.3) is 66.1 Å². The third-order valence-corrected chi connectivity index (χ3v) is 10.0. The summed E-state index contributed by atoms with van der Waals surface area (Å²) in [4.78, 5) is 15.6. The molecule has 3 heterocycles. The Bertz CT molecular complexity index is 2970. The van der Waals surface area contributed by atoms with Crippen LogP contribution in [0.2, 0.25) is 0 Å². The molecule has 10 rings (SSSR count). The molecule has 0 radical (unpaired) electrons. The quantitative estimate of drug-likeness (QED) is 0.167. The van der Waals surface area contributed by atoms with E-state index in [2.05, 4.69) is 156 Å². The molecule has 0 amide bonds. The van der Waals surface area contributed by atoms with Gasteiger partial charge in [0.1, 0.15) is 0 Å². The maximum atomic E-state index is 5.35. The van der Waals surface area contributed by atoms with Gasteiger partial charge in [-0.05, 0) is 60.0 Å². The van der Waals surface area contributed by atoms with Crippen LogP contribution in [-0.4, -0.2) is 21.1 Å². The zero-order chi connectivity index (χ0) is 35.1. The fourth-order valence-electron chi connectivity index (χ4n) is 7.51. The molecule has 0 fully saturated rings. The number of hydrogen-bond acceptors (Lipinski definition) is 3. The zero-order valence-electron chi connectivity index (χ0n) is 28.8. The van der Waals surface area contributed by atoms with Gasteiger partial charge in [-0.1, -0.05) is 140 Å². The van der Waals surface area contributed by atoms with E-state index >= 15 is 0 Å². The van der Waals surface area contributed by atoms with Crippen LogP contribution in [-0.2, 0) is 0 Å².